The minimum Gasteiger partial charge on any atom is -0.327 e. The van der Waals surface area contributed by atoms with Crippen LogP contribution in [0.1, 0.15) is 63.9 Å². The van der Waals surface area contributed by atoms with Crippen molar-refractivity contribution >= 4 is 11.0 Å². The number of hydrogen-bond acceptors (Lipinski definition) is 1. The lowest BCUT2D eigenvalue weighted by Crippen LogP contribution is -2.13. The van der Waals surface area contributed by atoms with E-state index in [2.05, 4.69) is 87.7 Å². The molecule has 0 unspecified atom stereocenters. The smallest absolute Gasteiger partial charge is 0.117 e. The van der Waals surface area contributed by atoms with Gasteiger partial charge in [-0.2, -0.15) is 0 Å². The summed E-state index contributed by atoms with van der Waals surface area (Å²) in [5, 5.41) is 0. The summed E-state index contributed by atoms with van der Waals surface area (Å²) in [6, 6.07) is 17.7. The summed E-state index contributed by atoms with van der Waals surface area (Å²) in [4.78, 5) is 5.01. The van der Waals surface area contributed by atoms with Crippen molar-refractivity contribution < 1.29 is 0 Å². The fourth-order valence-corrected chi connectivity index (χ4v) is 3.62. The van der Waals surface area contributed by atoms with E-state index in [9.17, 15) is 0 Å². The van der Waals surface area contributed by atoms with E-state index in [0.717, 1.165) is 18.5 Å². The Kier molecular flexibility index (Phi) is 5.80. The first kappa shape index (κ1) is 18.7. The summed E-state index contributed by atoms with van der Waals surface area (Å²) < 4.78 is 2.44. The minimum absolute atomic E-state index is 0.291. The summed E-state index contributed by atoms with van der Waals surface area (Å²) >= 11 is 0. The lowest BCUT2D eigenvalue weighted by Gasteiger charge is -2.18. The molecule has 1 heterocycles. The number of benzene rings is 2. The number of nitrogens with zero attached hydrogens (tertiary/aromatic N) is 2. The zero-order valence-electron chi connectivity index (χ0n) is 16.9. The molecule has 3 aromatic rings. The van der Waals surface area contributed by atoms with E-state index in [4.69, 9.17) is 4.98 Å². The van der Waals surface area contributed by atoms with E-state index in [-0.39, 0.29) is 0 Å². The second-order valence-corrected chi connectivity index (χ2v) is 8.14. The van der Waals surface area contributed by atoms with Gasteiger partial charge in [0.15, 0.2) is 0 Å². The summed E-state index contributed by atoms with van der Waals surface area (Å²) in [7, 11) is 0. The Morgan fingerprint density at radius 2 is 1.62 bits per heavy atom. The first-order valence-electron chi connectivity index (χ1n) is 10.0. The topological polar surface area (TPSA) is 17.8 Å². The van der Waals surface area contributed by atoms with E-state index in [1.165, 1.54) is 28.9 Å². The molecule has 2 atom stereocenters. The SMILES string of the molecule is CC[C@@H](C)Cn1c([C@@H](C)c2ccc(CC(C)C)cc2)nc2ccccc21. The van der Waals surface area contributed by atoms with Crippen molar-refractivity contribution in [1.29, 1.82) is 0 Å². The Balaban J connectivity index is 1.96. The van der Waals surface area contributed by atoms with Gasteiger partial charge >= 0.3 is 0 Å². The Hall–Kier alpha value is -2.09. The largest absolute Gasteiger partial charge is 0.327 e. The molecule has 0 fully saturated rings. The van der Waals surface area contributed by atoms with E-state index in [1.807, 2.05) is 0 Å². The van der Waals surface area contributed by atoms with Crippen LogP contribution in [0.25, 0.3) is 11.0 Å². The van der Waals surface area contributed by atoms with Crippen LogP contribution >= 0.6 is 0 Å². The Morgan fingerprint density at radius 3 is 2.27 bits per heavy atom. The number of rotatable bonds is 7. The third kappa shape index (κ3) is 4.00. The van der Waals surface area contributed by atoms with E-state index in [1.54, 1.807) is 0 Å². The van der Waals surface area contributed by atoms with Crippen molar-refractivity contribution in [2.45, 2.75) is 59.9 Å². The molecule has 0 amide bonds. The number of hydrogen-bond donors (Lipinski definition) is 0. The average Bonchev–Trinajstić information content (AvgIpc) is 2.99. The van der Waals surface area contributed by atoms with Crippen LogP contribution in [-0.4, -0.2) is 9.55 Å². The summed E-state index contributed by atoms with van der Waals surface area (Å²) in [5.41, 5.74) is 5.13. The Bertz CT molecular complexity index is 842. The predicted octanol–water partition coefficient (Wildman–Crippen LogP) is 6.43. The highest BCUT2D eigenvalue weighted by molar-refractivity contribution is 5.76. The zero-order chi connectivity index (χ0) is 18.7. The van der Waals surface area contributed by atoms with Gasteiger partial charge in [0, 0.05) is 12.5 Å². The summed E-state index contributed by atoms with van der Waals surface area (Å²) in [6.07, 6.45) is 2.32. The molecular formula is C24H32N2. The minimum atomic E-state index is 0.291. The molecule has 1 aromatic heterocycles. The quantitative estimate of drug-likeness (QED) is 0.481. The van der Waals surface area contributed by atoms with Gasteiger partial charge in [-0.3, -0.25) is 0 Å². The van der Waals surface area contributed by atoms with Gasteiger partial charge < -0.3 is 4.57 Å². The Morgan fingerprint density at radius 1 is 0.923 bits per heavy atom. The van der Waals surface area contributed by atoms with Gasteiger partial charge in [0.25, 0.3) is 0 Å². The van der Waals surface area contributed by atoms with Crippen molar-refractivity contribution in [3.63, 3.8) is 0 Å². The van der Waals surface area contributed by atoms with Gasteiger partial charge in [0.05, 0.1) is 11.0 Å². The van der Waals surface area contributed by atoms with Crippen molar-refractivity contribution in [1.82, 2.24) is 9.55 Å². The second kappa shape index (κ2) is 8.07. The van der Waals surface area contributed by atoms with Crippen LogP contribution in [-0.2, 0) is 13.0 Å². The molecule has 3 rings (SSSR count). The lowest BCUT2D eigenvalue weighted by atomic mass is 9.96. The number of para-hydroxylation sites is 2. The van der Waals surface area contributed by atoms with Gasteiger partial charge in [-0.1, -0.05) is 77.4 Å². The van der Waals surface area contributed by atoms with Crippen LogP contribution < -0.4 is 0 Å². The number of fused-ring (bicyclic) bond motifs is 1. The standard InChI is InChI=1S/C24H32N2/c1-6-18(4)16-26-23-10-8-7-9-22(23)25-24(26)19(5)21-13-11-20(12-14-21)15-17(2)3/h7-14,17-19H,6,15-16H2,1-5H3/t18-,19+/m1/s1. The molecule has 2 heteroatoms. The zero-order valence-corrected chi connectivity index (χ0v) is 16.9. The number of aromatic nitrogens is 2. The van der Waals surface area contributed by atoms with E-state index < -0.39 is 0 Å². The first-order valence-corrected chi connectivity index (χ1v) is 10.0. The molecule has 0 bridgehead atoms. The van der Waals surface area contributed by atoms with E-state index >= 15 is 0 Å². The number of imidazole rings is 1. The fourth-order valence-electron chi connectivity index (χ4n) is 3.62. The van der Waals surface area contributed by atoms with Crippen LogP contribution in [0.2, 0.25) is 0 Å². The molecule has 2 nitrogen and oxygen atoms in total. The second-order valence-electron chi connectivity index (χ2n) is 8.14. The molecule has 0 saturated carbocycles. The van der Waals surface area contributed by atoms with Gasteiger partial charge in [-0.25, -0.2) is 4.98 Å². The normalized spacial score (nSPS) is 14.1. The summed E-state index contributed by atoms with van der Waals surface area (Å²) in [5.74, 6) is 2.81. The molecule has 26 heavy (non-hydrogen) atoms. The molecule has 0 aliphatic rings. The van der Waals surface area contributed by atoms with Crippen molar-refractivity contribution in [3.8, 4) is 0 Å². The van der Waals surface area contributed by atoms with Gasteiger partial charge in [0.1, 0.15) is 5.82 Å². The maximum absolute atomic E-state index is 5.01. The lowest BCUT2D eigenvalue weighted by molar-refractivity contribution is 0.462. The third-order valence-corrected chi connectivity index (χ3v) is 5.39. The van der Waals surface area contributed by atoms with Crippen LogP contribution in [0.4, 0.5) is 0 Å². The monoisotopic (exact) mass is 348 g/mol. The first-order chi connectivity index (χ1) is 12.5. The third-order valence-electron chi connectivity index (χ3n) is 5.39. The molecule has 0 aliphatic carbocycles. The molecule has 2 aromatic carbocycles. The maximum atomic E-state index is 5.01. The molecule has 0 aliphatic heterocycles. The van der Waals surface area contributed by atoms with Crippen molar-refractivity contribution in [2.24, 2.45) is 11.8 Å². The summed E-state index contributed by atoms with van der Waals surface area (Å²) in [6.45, 7) is 12.4. The van der Waals surface area contributed by atoms with Gasteiger partial charge in [0.2, 0.25) is 0 Å². The maximum Gasteiger partial charge on any atom is 0.117 e. The van der Waals surface area contributed by atoms with Gasteiger partial charge in [-0.15, -0.1) is 0 Å². The molecule has 0 spiro atoms. The van der Waals surface area contributed by atoms with E-state index in [0.29, 0.717) is 17.8 Å². The van der Waals surface area contributed by atoms with Crippen LogP contribution in [0.5, 0.6) is 0 Å². The highest BCUT2D eigenvalue weighted by atomic mass is 15.1. The molecule has 0 radical (unpaired) electrons. The fraction of sp³-hybridized carbons (Fsp3) is 0.458. The highest BCUT2D eigenvalue weighted by Gasteiger charge is 2.19. The molecule has 138 valence electrons. The molecule has 0 saturated heterocycles. The Labute approximate surface area is 158 Å². The van der Waals surface area contributed by atoms with Crippen LogP contribution in [0.15, 0.2) is 48.5 Å². The molecular weight excluding hydrogens is 316 g/mol. The van der Waals surface area contributed by atoms with Crippen molar-refractivity contribution in [3.05, 3.63) is 65.5 Å². The van der Waals surface area contributed by atoms with Crippen LogP contribution in [0, 0.1) is 11.8 Å². The van der Waals surface area contributed by atoms with Crippen molar-refractivity contribution in [2.75, 3.05) is 0 Å². The van der Waals surface area contributed by atoms with Crippen LogP contribution in [0.3, 0.4) is 0 Å². The predicted molar refractivity (Wildman–Crippen MR) is 112 cm³/mol. The highest BCUT2D eigenvalue weighted by Crippen LogP contribution is 2.29. The average molecular weight is 349 g/mol. The molecule has 0 N–H and O–H groups in total. The van der Waals surface area contributed by atoms with Gasteiger partial charge in [-0.05, 0) is 41.5 Å².